The molecule has 0 bridgehead atoms. The van der Waals surface area contributed by atoms with Gasteiger partial charge in [-0.3, -0.25) is 9.59 Å². The highest BCUT2D eigenvalue weighted by molar-refractivity contribution is 5.87. The van der Waals surface area contributed by atoms with Crippen LogP contribution >= 0.6 is 0 Å². The van der Waals surface area contributed by atoms with Crippen LogP contribution in [-0.4, -0.2) is 11.6 Å². The minimum Gasteiger partial charge on any atom is -0.299 e. The molecule has 0 radical (unpaired) electrons. The molecule has 2 nitrogen and oxygen atoms in total. The van der Waals surface area contributed by atoms with Gasteiger partial charge in [-0.05, 0) is 116 Å². The van der Waals surface area contributed by atoms with Gasteiger partial charge in [-0.2, -0.15) is 0 Å². The molecule has 0 saturated heterocycles. The molecular weight excluding hydrogens is 380 g/mol. The number of carbonyl (C=O) groups is 2. The molecule has 2 spiro atoms. The first-order valence-electron chi connectivity index (χ1n) is 13.2. The standard InChI is InChI=1S/C29H44O2/c1-19(8-7-9-20(2)30)21-12-14-27(6)23-11-10-22-25(3,4)24(31)13-15-28(22)18-29(23,28)17-16-26(21,27)5/h7,9,19,21-23H,8,10-18H2,1-6H3/t19-,21-,22-,23+,26-,27+,28-,29+/m1/s1. The van der Waals surface area contributed by atoms with E-state index >= 15 is 0 Å². The SMILES string of the molecule is CC(=O)C=CC[C@@H](C)[C@H]1CC[C@@]2(C)[C@@H]3CC[C@@H]4C(C)(C)C(=O)CC[C@@]45C[C@@]35CC[C@]12C. The summed E-state index contributed by atoms with van der Waals surface area (Å²) in [5.74, 6) is 3.58. The zero-order chi connectivity index (χ0) is 22.4. The van der Waals surface area contributed by atoms with Crippen LogP contribution in [0.3, 0.4) is 0 Å². The predicted octanol–water partition coefficient (Wildman–Crippen LogP) is 7.17. The maximum absolute atomic E-state index is 12.8. The summed E-state index contributed by atoms with van der Waals surface area (Å²) in [6, 6.07) is 0. The van der Waals surface area contributed by atoms with Crippen molar-refractivity contribution in [2.45, 2.75) is 106 Å². The summed E-state index contributed by atoms with van der Waals surface area (Å²) >= 11 is 0. The van der Waals surface area contributed by atoms with Crippen LogP contribution in [-0.2, 0) is 9.59 Å². The lowest BCUT2D eigenvalue weighted by atomic mass is 9.42. The Morgan fingerprint density at radius 1 is 0.968 bits per heavy atom. The van der Waals surface area contributed by atoms with Gasteiger partial charge in [0.25, 0.3) is 0 Å². The number of Topliss-reactive ketones (excluding diaryl/α,β-unsaturated/α-hetero) is 1. The molecule has 31 heavy (non-hydrogen) atoms. The van der Waals surface area contributed by atoms with E-state index in [9.17, 15) is 9.59 Å². The number of hydrogen-bond donors (Lipinski definition) is 0. The fourth-order valence-corrected chi connectivity index (χ4v) is 10.7. The summed E-state index contributed by atoms with van der Waals surface area (Å²) in [7, 11) is 0. The molecule has 5 fully saturated rings. The fourth-order valence-electron chi connectivity index (χ4n) is 10.7. The van der Waals surface area contributed by atoms with Crippen LogP contribution in [0.1, 0.15) is 106 Å². The molecule has 0 amide bonds. The Morgan fingerprint density at radius 3 is 2.35 bits per heavy atom. The maximum Gasteiger partial charge on any atom is 0.152 e. The zero-order valence-corrected chi connectivity index (χ0v) is 20.9. The molecule has 0 aromatic carbocycles. The van der Waals surface area contributed by atoms with Crippen LogP contribution in [0.2, 0.25) is 0 Å². The molecule has 0 heterocycles. The molecule has 0 aliphatic heterocycles. The van der Waals surface area contributed by atoms with E-state index in [2.05, 4.69) is 40.7 Å². The fraction of sp³-hybridized carbons (Fsp3) is 0.862. The highest BCUT2D eigenvalue weighted by atomic mass is 16.1. The Morgan fingerprint density at radius 2 is 1.65 bits per heavy atom. The van der Waals surface area contributed by atoms with Crippen molar-refractivity contribution in [2.24, 2.45) is 50.7 Å². The first-order chi connectivity index (χ1) is 14.4. The van der Waals surface area contributed by atoms with Crippen molar-refractivity contribution in [1.82, 2.24) is 0 Å². The second-order valence-corrected chi connectivity index (χ2v) is 13.5. The second kappa shape index (κ2) is 6.57. The van der Waals surface area contributed by atoms with E-state index < -0.39 is 0 Å². The monoisotopic (exact) mass is 424 g/mol. The first kappa shape index (κ1) is 21.9. The van der Waals surface area contributed by atoms with Gasteiger partial charge in [0.2, 0.25) is 0 Å². The Balaban J connectivity index is 1.43. The van der Waals surface area contributed by atoms with Crippen LogP contribution in [0.25, 0.3) is 0 Å². The predicted molar refractivity (Wildman–Crippen MR) is 125 cm³/mol. The molecule has 5 aliphatic carbocycles. The van der Waals surface area contributed by atoms with Crippen molar-refractivity contribution in [3.63, 3.8) is 0 Å². The van der Waals surface area contributed by atoms with E-state index in [-0.39, 0.29) is 11.2 Å². The topological polar surface area (TPSA) is 34.1 Å². The molecule has 5 saturated carbocycles. The number of allylic oxidation sites excluding steroid dienone is 2. The smallest absolute Gasteiger partial charge is 0.152 e. The van der Waals surface area contributed by atoms with E-state index in [0.29, 0.717) is 39.3 Å². The number of ketones is 2. The normalized spacial score (nSPS) is 50.9. The average molecular weight is 425 g/mol. The lowest BCUT2D eigenvalue weighted by Gasteiger charge is -2.62. The van der Waals surface area contributed by atoms with Crippen molar-refractivity contribution in [3.8, 4) is 0 Å². The van der Waals surface area contributed by atoms with Crippen molar-refractivity contribution in [1.29, 1.82) is 0 Å². The van der Waals surface area contributed by atoms with Crippen molar-refractivity contribution in [3.05, 3.63) is 12.2 Å². The van der Waals surface area contributed by atoms with Crippen LogP contribution < -0.4 is 0 Å². The third-order valence-electron chi connectivity index (χ3n) is 12.5. The zero-order valence-electron chi connectivity index (χ0n) is 20.9. The van der Waals surface area contributed by atoms with Gasteiger partial charge in [0, 0.05) is 11.8 Å². The summed E-state index contributed by atoms with van der Waals surface area (Å²) in [6.07, 6.45) is 16.5. The van der Waals surface area contributed by atoms with Crippen molar-refractivity contribution < 1.29 is 9.59 Å². The minimum atomic E-state index is -0.107. The molecule has 5 aliphatic rings. The molecule has 172 valence electrons. The van der Waals surface area contributed by atoms with E-state index in [4.69, 9.17) is 0 Å². The first-order valence-corrected chi connectivity index (χ1v) is 13.2. The second-order valence-electron chi connectivity index (χ2n) is 13.5. The van der Waals surface area contributed by atoms with Gasteiger partial charge >= 0.3 is 0 Å². The van der Waals surface area contributed by atoms with Crippen LogP contribution in [0.15, 0.2) is 12.2 Å². The molecule has 8 atom stereocenters. The number of hydrogen-bond acceptors (Lipinski definition) is 2. The van der Waals surface area contributed by atoms with Crippen molar-refractivity contribution >= 4 is 11.6 Å². The number of fused-ring (bicyclic) bond motifs is 2. The minimum absolute atomic E-state index is 0.107. The van der Waals surface area contributed by atoms with E-state index in [1.807, 2.05) is 0 Å². The Kier molecular flexibility index (Phi) is 4.64. The quantitative estimate of drug-likeness (QED) is 0.448. The lowest BCUT2D eigenvalue weighted by Crippen LogP contribution is -2.57. The van der Waals surface area contributed by atoms with Gasteiger partial charge in [-0.25, -0.2) is 0 Å². The average Bonchev–Trinajstić information content (AvgIpc) is 3.27. The van der Waals surface area contributed by atoms with Gasteiger partial charge in [-0.1, -0.05) is 40.7 Å². The van der Waals surface area contributed by atoms with Crippen LogP contribution in [0, 0.1) is 50.7 Å². The number of rotatable bonds is 4. The van der Waals surface area contributed by atoms with E-state index in [0.717, 1.165) is 24.7 Å². The maximum atomic E-state index is 12.8. The third-order valence-corrected chi connectivity index (χ3v) is 12.5. The molecule has 5 rings (SSSR count). The van der Waals surface area contributed by atoms with E-state index in [1.54, 1.807) is 13.0 Å². The summed E-state index contributed by atoms with van der Waals surface area (Å²) in [4.78, 5) is 24.2. The molecular formula is C29H44O2. The highest BCUT2D eigenvalue weighted by Crippen LogP contribution is 2.88. The van der Waals surface area contributed by atoms with Gasteiger partial charge < -0.3 is 0 Å². The third kappa shape index (κ3) is 2.57. The Hall–Kier alpha value is -0.920. The van der Waals surface area contributed by atoms with Gasteiger partial charge in [0.05, 0.1) is 0 Å². The molecule has 0 aromatic heterocycles. The van der Waals surface area contributed by atoms with Gasteiger partial charge in [0.15, 0.2) is 5.78 Å². The summed E-state index contributed by atoms with van der Waals surface area (Å²) in [5.41, 5.74) is 1.77. The number of carbonyl (C=O) groups excluding carboxylic acids is 2. The lowest BCUT2D eigenvalue weighted by molar-refractivity contribution is -0.156. The highest BCUT2D eigenvalue weighted by Gasteiger charge is 2.82. The van der Waals surface area contributed by atoms with Gasteiger partial charge in [-0.15, -0.1) is 0 Å². The molecule has 2 heteroatoms. The van der Waals surface area contributed by atoms with Crippen LogP contribution in [0.5, 0.6) is 0 Å². The molecule has 0 aromatic rings. The summed E-state index contributed by atoms with van der Waals surface area (Å²) < 4.78 is 0. The van der Waals surface area contributed by atoms with Crippen LogP contribution in [0.4, 0.5) is 0 Å². The Labute approximate surface area is 190 Å². The summed E-state index contributed by atoms with van der Waals surface area (Å²) in [6.45, 7) is 13.9. The largest absolute Gasteiger partial charge is 0.299 e. The molecule has 0 unspecified atom stereocenters. The Bertz CT molecular complexity index is 838. The summed E-state index contributed by atoms with van der Waals surface area (Å²) in [5, 5.41) is 0. The van der Waals surface area contributed by atoms with Gasteiger partial charge in [0.1, 0.15) is 5.78 Å². The van der Waals surface area contributed by atoms with Crippen molar-refractivity contribution in [2.75, 3.05) is 0 Å². The molecule has 0 N–H and O–H groups in total. The van der Waals surface area contributed by atoms with E-state index in [1.165, 1.54) is 51.4 Å².